The van der Waals surface area contributed by atoms with Crippen LogP contribution in [0.2, 0.25) is 0 Å². The molecule has 0 unspecified atom stereocenters. The van der Waals surface area contributed by atoms with Crippen LogP contribution in [0.1, 0.15) is 44.9 Å². The minimum absolute atomic E-state index is 0.361. The van der Waals surface area contributed by atoms with Crippen LogP contribution in [0.4, 0.5) is 5.69 Å². The summed E-state index contributed by atoms with van der Waals surface area (Å²) in [5.74, 6) is 1.16. The molecule has 1 amide bonds. The molecule has 1 saturated heterocycles. The molecule has 0 aromatic carbocycles. The van der Waals surface area contributed by atoms with Gasteiger partial charge >= 0.3 is 0 Å². The van der Waals surface area contributed by atoms with E-state index in [0.29, 0.717) is 5.91 Å². The summed E-state index contributed by atoms with van der Waals surface area (Å²) in [6, 6.07) is 4.08. The maximum atomic E-state index is 12.4. The van der Waals surface area contributed by atoms with Crippen LogP contribution in [0, 0.1) is 5.92 Å². The number of carbonyl (C=O) groups excluding carboxylic acids is 1. The number of nitrogens with zero attached hydrogens (tertiary/aromatic N) is 3. The molecular weight excluding hydrogens is 274 g/mol. The number of amides is 1. The van der Waals surface area contributed by atoms with Gasteiger partial charge in [0.25, 0.3) is 0 Å². The zero-order chi connectivity index (χ0) is 15.2. The second-order valence-electron chi connectivity index (χ2n) is 6.62. The van der Waals surface area contributed by atoms with Gasteiger partial charge in [-0.1, -0.05) is 32.1 Å². The van der Waals surface area contributed by atoms with Gasteiger partial charge in [-0.05, 0) is 24.5 Å². The van der Waals surface area contributed by atoms with Crippen LogP contribution in [-0.2, 0) is 4.79 Å². The van der Waals surface area contributed by atoms with Gasteiger partial charge in [0.05, 0.1) is 0 Å². The van der Waals surface area contributed by atoms with E-state index in [-0.39, 0.29) is 0 Å². The highest BCUT2D eigenvalue weighted by molar-refractivity contribution is 5.76. The summed E-state index contributed by atoms with van der Waals surface area (Å²) in [6.07, 6.45) is 12.3. The standard InChI is InChI=1S/C18H27N3O/c22-18(7-6-16-4-2-1-3-5-16)21-14-12-20(13-15-21)17-8-10-19-11-9-17/h8-11,16H,1-7,12-15H2. The Bertz CT molecular complexity index is 462. The largest absolute Gasteiger partial charge is 0.368 e. The van der Waals surface area contributed by atoms with E-state index in [2.05, 4.69) is 14.8 Å². The lowest BCUT2D eigenvalue weighted by atomic mass is 9.86. The van der Waals surface area contributed by atoms with Gasteiger partial charge in [-0.25, -0.2) is 0 Å². The normalized spacial score (nSPS) is 20.2. The van der Waals surface area contributed by atoms with Crippen LogP contribution in [0.25, 0.3) is 0 Å². The third-order valence-electron chi connectivity index (χ3n) is 5.15. The fraction of sp³-hybridized carbons (Fsp3) is 0.667. The van der Waals surface area contributed by atoms with Gasteiger partial charge in [0.2, 0.25) is 5.91 Å². The van der Waals surface area contributed by atoms with Gasteiger partial charge in [0.15, 0.2) is 0 Å². The highest BCUT2D eigenvalue weighted by Crippen LogP contribution is 2.27. The van der Waals surface area contributed by atoms with Crippen LogP contribution in [0.3, 0.4) is 0 Å². The van der Waals surface area contributed by atoms with Gasteiger partial charge in [-0.15, -0.1) is 0 Å². The number of hydrogen-bond donors (Lipinski definition) is 0. The van der Waals surface area contributed by atoms with Crippen LogP contribution in [0.5, 0.6) is 0 Å². The molecule has 1 aromatic rings. The van der Waals surface area contributed by atoms with Crippen LogP contribution < -0.4 is 4.90 Å². The first-order valence-electron chi connectivity index (χ1n) is 8.75. The van der Waals surface area contributed by atoms with Crippen molar-refractivity contribution in [1.82, 2.24) is 9.88 Å². The van der Waals surface area contributed by atoms with E-state index in [9.17, 15) is 4.79 Å². The van der Waals surface area contributed by atoms with Crippen molar-refractivity contribution in [2.75, 3.05) is 31.1 Å². The molecule has 1 aromatic heterocycles. The number of aromatic nitrogens is 1. The molecule has 1 saturated carbocycles. The van der Waals surface area contributed by atoms with Crippen molar-refractivity contribution in [2.24, 2.45) is 5.92 Å². The topological polar surface area (TPSA) is 36.4 Å². The molecule has 0 atom stereocenters. The average Bonchev–Trinajstić information content (AvgIpc) is 2.61. The van der Waals surface area contributed by atoms with Gasteiger partial charge in [-0.3, -0.25) is 9.78 Å². The van der Waals surface area contributed by atoms with E-state index in [0.717, 1.165) is 44.9 Å². The molecule has 2 heterocycles. The second-order valence-corrected chi connectivity index (χ2v) is 6.62. The summed E-state index contributed by atoms with van der Waals surface area (Å²) >= 11 is 0. The van der Waals surface area contributed by atoms with Crippen molar-refractivity contribution < 1.29 is 4.79 Å². The predicted octanol–water partition coefficient (Wildman–Crippen LogP) is 3.09. The van der Waals surface area contributed by atoms with Gasteiger partial charge < -0.3 is 9.80 Å². The summed E-state index contributed by atoms with van der Waals surface area (Å²) in [4.78, 5) is 20.8. The molecule has 120 valence electrons. The van der Waals surface area contributed by atoms with Gasteiger partial charge in [-0.2, -0.15) is 0 Å². The van der Waals surface area contributed by atoms with Crippen LogP contribution in [-0.4, -0.2) is 42.0 Å². The van der Waals surface area contributed by atoms with E-state index in [4.69, 9.17) is 0 Å². The number of piperazine rings is 1. The Morgan fingerprint density at radius 2 is 1.73 bits per heavy atom. The third-order valence-corrected chi connectivity index (χ3v) is 5.15. The smallest absolute Gasteiger partial charge is 0.222 e. The predicted molar refractivity (Wildman–Crippen MR) is 88.8 cm³/mol. The number of hydrogen-bond acceptors (Lipinski definition) is 3. The molecule has 0 N–H and O–H groups in total. The first-order valence-corrected chi connectivity index (χ1v) is 8.75. The molecule has 22 heavy (non-hydrogen) atoms. The summed E-state index contributed by atoms with van der Waals surface area (Å²) in [5.41, 5.74) is 1.21. The molecule has 0 bridgehead atoms. The zero-order valence-corrected chi connectivity index (χ0v) is 13.4. The molecule has 2 fully saturated rings. The molecule has 0 spiro atoms. The summed E-state index contributed by atoms with van der Waals surface area (Å²) in [7, 11) is 0. The maximum Gasteiger partial charge on any atom is 0.222 e. The fourth-order valence-electron chi connectivity index (χ4n) is 3.73. The first kappa shape index (κ1) is 15.3. The van der Waals surface area contributed by atoms with Gasteiger partial charge in [0, 0.05) is 50.7 Å². The minimum atomic E-state index is 0.361. The Balaban J connectivity index is 1.41. The van der Waals surface area contributed by atoms with E-state index >= 15 is 0 Å². The zero-order valence-electron chi connectivity index (χ0n) is 13.4. The lowest BCUT2D eigenvalue weighted by molar-refractivity contribution is -0.131. The maximum absolute atomic E-state index is 12.4. The highest BCUT2D eigenvalue weighted by atomic mass is 16.2. The lowest BCUT2D eigenvalue weighted by Gasteiger charge is -2.36. The van der Waals surface area contributed by atoms with Crippen molar-refractivity contribution >= 4 is 11.6 Å². The van der Waals surface area contributed by atoms with E-state index in [1.807, 2.05) is 24.5 Å². The Hall–Kier alpha value is -1.58. The van der Waals surface area contributed by atoms with E-state index in [1.54, 1.807) is 0 Å². The highest BCUT2D eigenvalue weighted by Gasteiger charge is 2.22. The van der Waals surface area contributed by atoms with Crippen molar-refractivity contribution in [2.45, 2.75) is 44.9 Å². The minimum Gasteiger partial charge on any atom is -0.368 e. The molecular formula is C18H27N3O. The summed E-state index contributed by atoms with van der Waals surface area (Å²) in [6.45, 7) is 3.57. The first-order chi connectivity index (χ1) is 10.8. The number of anilines is 1. The lowest BCUT2D eigenvalue weighted by Crippen LogP contribution is -2.48. The quantitative estimate of drug-likeness (QED) is 0.857. The van der Waals surface area contributed by atoms with Crippen LogP contribution >= 0.6 is 0 Å². The summed E-state index contributed by atoms with van der Waals surface area (Å²) < 4.78 is 0. The molecule has 1 aliphatic heterocycles. The van der Waals surface area contributed by atoms with E-state index < -0.39 is 0 Å². The molecule has 4 heteroatoms. The third kappa shape index (κ3) is 3.99. The number of rotatable bonds is 4. The Morgan fingerprint density at radius 1 is 1.05 bits per heavy atom. The average molecular weight is 301 g/mol. The molecule has 3 rings (SSSR count). The molecule has 1 aliphatic carbocycles. The Labute approximate surface area is 133 Å². The fourth-order valence-corrected chi connectivity index (χ4v) is 3.73. The Morgan fingerprint density at radius 3 is 2.41 bits per heavy atom. The van der Waals surface area contributed by atoms with Crippen molar-refractivity contribution in [3.63, 3.8) is 0 Å². The monoisotopic (exact) mass is 301 g/mol. The molecule has 4 nitrogen and oxygen atoms in total. The van der Waals surface area contributed by atoms with Crippen molar-refractivity contribution in [3.05, 3.63) is 24.5 Å². The molecule has 0 radical (unpaired) electrons. The SMILES string of the molecule is O=C(CCC1CCCCC1)N1CCN(c2ccncc2)CC1. The van der Waals surface area contributed by atoms with Gasteiger partial charge in [0.1, 0.15) is 0 Å². The second kappa shape index (κ2) is 7.61. The van der Waals surface area contributed by atoms with Crippen molar-refractivity contribution in [1.29, 1.82) is 0 Å². The number of pyridine rings is 1. The van der Waals surface area contributed by atoms with Crippen LogP contribution in [0.15, 0.2) is 24.5 Å². The van der Waals surface area contributed by atoms with E-state index in [1.165, 1.54) is 37.8 Å². The van der Waals surface area contributed by atoms with Crippen molar-refractivity contribution in [3.8, 4) is 0 Å². The number of carbonyl (C=O) groups is 1. The Kier molecular flexibility index (Phi) is 5.30. The summed E-state index contributed by atoms with van der Waals surface area (Å²) in [5, 5.41) is 0. The molecule has 2 aliphatic rings.